The van der Waals surface area contributed by atoms with Gasteiger partial charge in [-0.1, -0.05) is 53.7 Å². The Hall–Kier alpha value is -0.0900. The van der Waals surface area contributed by atoms with Crippen molar-refractivity contribution in [3.05, 3.63) is 29.3 Å². The summed E-state index contributed by atoms with van der Waals surface area (Å²) in [7, 11) is -1.95. The average Bonchev–Trinajstić information content (AvgIpc) is 2.37. The number of hydrogen-bond donors (Lipinski definition) is 0. The second-order valence-corrected chi connectivity index (χ2v) is 8.43. The first-order valence-electron chi connectivity index (χ1n) is 6.47. The van der Waals surface area contributed by atoms with Gasteiger partial charge in [-0.15, -0.1) is 4.67 Å². The molecule has 7 heteroatoms. The molecule has 0 heterocycles. The molecule has 0 radical (unpaired) electrons. The molecule has 0 saturated heterocycles. The minimum absolute atomic E-state index is 0.0461. The molecular formula is C14H21Cl2O4P. The van der Waals surface area contributed by atoms with Crippen molar-refractivity contribution in [1.82, 2.24) is 0 Å². The van der Waals surface area contributed by atoms with Gasteiger partial charge in [-0.2, -0.15) is 8.15 Å². The van der Waals surface area contributed by atoms with E-state index in [-0.39, 0.29) is 10.8 Å². The van der Waals surface area contributed by atoms with Crippen LogP contribution in [-0.2, 0) is 23.7 Å². The molecular weight excluding hydrogens is 334 g/mol. The Labute approximate surface area is 137 Å². The van der Waals surface area contributed by atoms with Crippen molar-refractivity contribution in [3.63, 3.8) is 0 Å². The Morgan fingerprint density at radius 2 is 1.48 bits per heavy atom. The monoisotopic (exact) mass is 354 g/mol. The summed E-state index contributed by atoms with van der Waals surface area (Å²) in [6, 6.07) is 5.97. The predicted octanol–water partition coefficient (Wildman–Crippen LogP) is 6.16. The van der Waals surface area contributed by atoms with E-state index in [1.165, 1.54) is 5.56 Å². The van der Waals surface area contributed by atoms with Crippen molar-refractivity contribution in [2.45, 2.75) is 52.4 Å². The largest absolute Gasteiger partial charge is 0.410 e. The molecule has 1 aromatic rings. The zero-order valence-electron chi connectivity index (χ0n) is 13.1. The molecule has 0 aromatic heterocycles. The van der Waals surface area contributed by atoms with E-state index in [1.54, 1.807) is 0 Å². The highest BCUT2D eigenvalue weighted by atomic mass is 35.5. The van der Waals surface area contributed by atoms with Gasteiger partial charge in [0, 0.05) is 5.56 Å². The van der Waals surface area contributed by atoms with Crippen LogP contribution in [-0.4, -0.2) is 0 Å². The smallest absolute Gasteiger partial charge is 0.329 e. The number of rotatable bonds is 5. The van der Waals surface area contributed by atoms with Crippen LogP contribution in [0.3, 0.4) is 0 Å². The van der Waals surface area contributed by atoms with Crippen molar-refractivity contribution < 1.29 is 17.7 Å². The van der Waals surface area contributed by atoms with E-state index in [1.807, 2.05) is 12.1 Å². The van der Waals surface area contributed by atoms with Crippen LogP contribution in [0, 0.1) is 0 Å². The first kappa shape index (κ1) is 19.0. The van der Waals surface area contributed by atoms with Gasteiger partial charge < -0.3 is 4.89 Å². The van der Waals surface area contributed by atoms with Crippen LogP contribution < -0.4 is 4.89 Å². The molecule has 0 aliphatic heterocycles. The lowest BCUT2D eigenvalue weighted by molar-refractivity contribution is -0.107. The summed E-state index contributed by atoms with van der Waals surface area (Å²) in [4.78, 5) is 5.29. The summed E-state index contributed by atoms with van der Waals surface area (Å²) in [5, 5.41) is 0. The minimum atomic E-state index is -1.95. The topological polar surface area (TPSA) is 36.9 Å². The van der Waals surface area contributed by atoms with Gasteiger partial charge in [-0.3, -0.25) is 0 Å². The normalized spacial score (nSPS) is 12.8. The van der Waals surface area contributed by atoms with Crippen LogP contribution in [0.25, 0.3) is 0 Å². The fraction of sp³-hybridized carbons (Fsp3) is 0.571. The zero-order chi connectivity index (χ0) is 16.3. The van der Waals surface area contributed by atoms with Crippen molar-refractivity contribution in [2.75, 3.05) is 0 Å². The lowest BCUT2D eigenvalue weighted by atomic mass is 9.80. The van der Waals surface area contributed by atoms with Gasteiger partial charge in [0.2, 0.25) is 0 Å². The fourth-order valence-electron chi connectivity index (χ4n) is 1.76. The molecule has 1 rings (SSSR count). The number of benzene rings is 1. The summed E-state index contributed by atoms with van der Waals surface area (Å²) in [6.07, 6.45) is 0. The molecule has 120 valence electrons. The Morgan fingerprint density at radius 3 is 1.90 bits per heavy atom. The Balaban J connectivity index is 3.09. The van der Waals surface area contributed by atoms with Gasteiger partial charge in [0.1, 0.15) is 0 Å². The maximum Gasteiger partial charge on any atom is 0.410 e. The van der Waals surface area contributed by atoms with Crippen molar-refractivity contribution >= 4 is 32.3 Å². The van der Waals surface area contributed by atoms with Crippen LogP contribution >= 0.6 is 32.3 Å². The molecule has 0 spiro atoms. The van der Waals surface area contributed by atoms with E-state index >= 15 is 0 Å². The highest BCUT2D eigenvalue weighted by Crippen LogP contribution is 2.44. The maximum atomic E-state index is 5.29. The molecule has 0 unspecified atom stereocenters. The summed E-state index contributed by atoms with van der Waals surface area (Å²) < 4.78 is 13.7. The van der Waals surface area contributed by atoms with Crippen molar-refractivity contribution in [1.29, 1.82) is 0 Å². The third kappa shape index (κ3) is 5.55. The summed E-state index contributed by atoms with van der Waals surface area (Å²) in [5.41, 5.74) is 2.15. The summed E-state index contributed by atoms with van der Waals surface area (Å²) in [6.45, 7) is 12.8. The fourth-order valence-corrected chi connectivity index (χ4v) is 2.36. The molecule has 0 amide bonds. The molecule has 0 fully saturated rings. The highest BCUT2D eigenvalue weighted by Gasteiger charge is 2.25. The zero-order valence-corrected chi connectivity index (χ0v) is 15.5. The first-order chi connectivity index (χ1) is 9.59. The molecule has 0 aliphatic rings. The van der Waals surface area contributed by atoms with E-state index in [0.717, 1.165) is 5.56 Å². The SMILES string of the molecule is CC(C)(C)c1ccc(OOP(OCl)OCl)c(C(C)(C)C)c1. The van der Waals surface area contributed by atoms with E-state index < -0.39 is 8.60 Å². The van der Waals surface area contributed by atoms with Crippen molar-refractivity contribution in [2.24, 2.45) is 0 Å². The molecule has 0 saturated carbocycles. The average molecular weight is 355 g/mol. The first-order valence-corrected chi connectivity index (χ1v) is 8.18. The Morgan fingerprint density at radius 1 is 0.905 bits per heavy atom. The Bertz CT molecular complexity index is 465. The van der Waals surface area contributed by atoms with Gasteiger partial charge >= 0.3 is 8.60 Å². The number of halogens is 2. The van der Waals surface area contributed by atoms with Crippen LogP contribution in [0.5, 0.6) is 5.75 Å². The lowest BCUT2D eigenvalue weighted by Crippen LogP contribution is -2.17. The van der Waals surface area contributed by atoms with Gasteiger partial charge in [-0.05, 0) is 22.5 Å². The number of hydrogen-bond acceptors (Lipinski definition) is 4. The quantitative estimate of drug-likeness (QED) is 0.360. The standard InChI is InChI=1S/C14H21Cl2O4P/c1-13(2,3)10-7-8-12(11(9-10)14(4,5)6)17-20-21(18-15)19-16/h7-9H,1-6H3. The van der Waals surface area contributed by atoms with Crippen LogP contribution in [0.4, 0.5) is 0 Å². The Kier molecular flexibility index (Phi) is 6.73. The van der Waals surface area contributed by atoms with E-state index in [4.69, 9.17) is 33.3 Å². The molecule has 4 nitrogen and oxygen atoms in total. The second-order valence-electron chi connectivity index (χ2n) is 6.73. The van der Waals surface area contributed by atoms with Gasteiger partial charge in [0.05, 0.1) is 23.7 Å². The molecule has 0 bridgehead atoms. The highest BCUT2D eigenvalue weighted by molar-refractivity contribution is 7.43. The van der Waals surface area contributed by atoms with Gasteiger partial charge in [-0.25, -0.2) is 0 Å². The van der Waals surface area contributed by atoms with Crippen molar-refractivity contribution in [3.8, 4) is 5.75 Å². The van der Waals surface area contributed by atoms with E-state index in [2.05, 4.69) is 55.8 Å². The van der Waals surface area contributed by atoms with E-state index in [0.29, 0.717) is 5.75 Å². The molecule has 21 heavy (non-hydrogen) atoms. The second kappa shape index (κ2) is 7.45. The third-order valence-electron chi connectivity index (χ3n) is 2.95. The van der Waals surface area contributed by atoms with Gasteiger partial charge in [0.15, 0.2) is 5.75 Å². The maximum absolute atomic E-state index is 5.29. The summed E-state index contributed by atoms with van der Waals surface area (Å²) in [5.74, 6) is 0.574. The van der Waals surface area contributed by atoms with E-state index in [9.17, 15) is 0 Å². The summed E-state index contributed by atoms with van der Waals surface area (Å²) >= 11 is 10.3. The van der Waals surface area contributed by atoms with Crippen LogP contribution in [0.1, 0.15) is 52.7 Å². The third-order valence-corrected chi connectivity index (χ3v) is 4.05. The molecule has 0 N–H and O–H groups in total. The minimum Gasteiger partial charge on any atom is -0.329 e. The molecule has 1 aromatic carbocycles. The lowest BCUT2D eigenvalue weighted by Gasteiger charge is -2.26. The molecule has 0 atom stereocenters. The predicted molar refractivity (Wildman–Crippen MR) is 86.4 cm³/mol. The van der Waals surface area contributed by atoms with Crippen LogP contribution in [0.15, 0.2) is 18.2 Å². The van der Waals surface area contributed by atoms with Crippen LogP contribution in [0.2, 0.25) is 0 Å². The van der Waals surface area contributed by atoms with Gasteiger partial charge in [0.25, 0.3) is 0 Å². The molecule has 0 aliphatic carbocycles.